The van der Waals surface area contributed by atoms with Gasteiger partial charge in [0.25, 0.3) is 0 Å². The number of carbonyl (C=O) groups is 1. The largest absolute Gasteiger partial charge is 0.336 e. The first-order valence-electron chi connectivity index (χ1n) is 12.4. The molecule has 36 heavy (non-hydrogen) atoms. The number of amides is 1. The Morgan fingerprint density at radius 1 is 1.33 bits per heavy atom. The van der Waals surface area contributed by atoms with Gasteiger partial charge in [-0.15, -0.1) is 18.5 Å². The molecule has 1 amide bonds. The third-order valence-corrected chi connectivity index (χ3v) is 11.1. The standard InChI is InChI=1S/C27H35N3O3P2S/c1-3-7-19(8-4-2)21-10-5-9-20(23(21)35)15-22-24(29-36(32,33)18-34)27(13-14-27)17-30(22)25(31)26(16-28)11-6-12-26/h3-5,7-10,22,24,29H,1,6,11-15,17-18,34-35H2,2H3/b8-4-,19-7+. The molecule has 1 heterocycles. The SMILES string of the molecule is C=C/C=C(\C=C/C)c1cccc(CC2C(NS(=O)(=O)CP)C3(CC3)CN2C(=O)C2(C#N)CCC2)c1P. The Balaban J connectivity index is 1.75. The van der Waals surface area contributed by atoms with Crippen LogP contribution in [0.4, 0.5) is 0 Å². The predicted octanol–water partition coefficient (Wildman–Crippen LogP) is 3.68. The molecule has 2 aliphatic carbocycles. The molecule has 9 heteroatoms. The number of hydrogen-bond acceptors (Lipinski definition) is 4. The summed E-state index contributed by atoms with van der Waals surface area (Å²) < 4.78 is 28.4. The minimum absolute atomic E-state index is 0.0915. The van der Waals surface area contributed by atoms with Gasteiger partial charge in [-0.05, 0) is 67.5 Å². The van der Waals surface area contributed by atoms with E-state index in [2.05, 4.69) is 41.9 Å². The summed E-state index contributed by atoms with van der Waals surface area (Å²) >= 11 is 0. The normalized spacial score (nSPS) is 24.5. The molecule has 1 aliphatic heterocycles. The lowest BCUT2D eigenvalue weighted by Crippen LogP contribution is -2.54. The Morgan fingerprint density at radius 3 is 2.58 bits per heavy atom. The van der Waals surface area contributed by atoms with Crippen LogP contribution in [-0.4, -0.2) is 43.3 Å². The van der Waals surface area contributed by atoms with Crippen molar-refractivity contribution in [2.45, 2.75) is 57.5 Å². The first-order valence-corrected chi connectivity index (χ1v) is 15.5. The molecule has 1 N–H and O–H groups in total. The van der Waals surface area contributed by atoms with Crippen molar-refractivity contribution in [3.63, 3.8) is 0 Å². The second kappa shape index (κ2) is 10.5. The maximum atomic E-state index is 13.8. The van der Waals surface area contributed by atoms with Gasteiger partial charge in [0.15, 0.2) is 0 Å². The van der Waals surface area contributed by atoms with Crippen LogP contribution in [0.1, 0.15) is 50.2 Å². The number of hydrogen-bond donors (Lipinski definition) is 1. The van der Waals surface area contributed by atoms with E-state index in [-0.39, 0.29) is 28.9 Å². The van der Waals surface area contributed by atoms with Gasteiger partial charge in [-0.2, -0.15) is 5.26 Å². The predicted molar refractivity (Wildman–Crippen MR) is 152 cm³/mol. The zero-order valence-electron chi connectivity index (χ0n) is 20.7. The van der Waals surface area contributed by atoms with Crippen LogP contribution < -0.4 is 10.0 Å². The number of likely N-dealkylation sites (tertiary alicyclic amines) is 1. The Kier molecular flexibility index (Phi) is 7.94. The Bertz CT molecular complexity index is 1260. The molecule has 4 atom stereocenters. The molecule has 1 spiro atoms. The van der Waals surface area contributed by atoms with Gasteiger partial charge in [-0.1, -0.05) is 49.1 Å². The minimum atomic E-state index is -3.51. The van der Waals surface area contributed by atoms with E-state index < -0.39 is 15.4 Å². The van der Waals surface area contributed by atoms with Crippen LogP contribution in [-0.2, 0) is 21.2 Å². The third-order valence-electron chi connectivity index (χ3n) is 8.02. The number of nitrogens with zero attached hydrogens (tertiary/aromatic N) is 2. The Labute approximate surface area is 219 Å². The van der Waals surface area contributed by atoms with E-state index in [1.807, 2.05) is 42.2 Å². The lowest BCUT2D eigenvalue weighted by atomic mass is 9.69. The molecule has 2 saturated carbocycles. The average molecular weight is 544 g/mol. The van der Waals surface area contributed by atoms with Crippen molar-refractivity contribution >= 4 is 45.3 Å². The fourth-order valence-corrected chi connectivity index (χ4v) is 7.31. The number of nitriles is 1. The van der Waals surface area contributed by atoms with Crippen molar-refractivity contribution < 1.29 is 13.2 Å². The maximum absolute atomic E-state index is 13.8. The van der Waals surface area contributed by atoms with Gasteiger partial charge in [0.2, 0.25) is 15.9 Å². The van der Waals surface area contributed by atoms with Crippen LogP contribution in [0.15, 0.2) is 49.1 Å². The van der Waals surface area contributed by atoms with E-state index >= 15 is 0 Å². The van der Waals surface area contributed by atoms with Gasteiger partial charge < -0.3 is 4.90 Å². The second-order valence-electron chi connectivity index (χ2n) is 10.2. The summed E-state index contributed by atoms with van der Waals surface area (Å²) in [7, 11) is 1.61. The molecular weight excluding hydrogens is 508 g/mol. The first-order chi connectivity index (χ1) is 17.2. The Hall–Kier alpha value is -1.83. The molecule has 6 nitrogen and oxygen atoms in total. The van der Waals surface area contributed by atoms with E-state index in [0.717, 1.165) is 41.3 Å². The number of nitrogens with one attached hydrogen (secondary N) is 1. The van der Waals surface area contributed by atoms with Crippen LogP contribution in [0.5, 0.6) is 0 Å². The number of allylic oxidation sites excluding steroid dienone is 5. The van der Waals surface area contributed by atoms with Crippen molar-refractivity contribution in [3.8, 4) is 6.07 Å². The highest BCUT2D eigenvalue weighted by atomic mass is 32.2. The molecule has 0 bridgehead atoms. The highest BCUT2D eigenvalue weighted by molar-refractivity contribution is 7.93. The quantitative estimate of drug-likeness (QED) is 0.380. The average Bonchev–Trinajstić information content (AvgIpc) is 3.55. The highest BCUT2D eigenvalue weighted by Gasteiger charge is 2.63. The monoisotopic (exact) mass is 543 g/mol. The summed E-state index contributed by atoms with van der Waals surface area (Å²) in [6.45, 7) is 6.30. The van der Waals surface area contributed by atoms with Crippen molar-refractivity contribution in [2.24, 2.45) is 10.8 Å². The Morgan fingerprint density at radius 2 is 2.06 bits per heavy atom. The van der Waals surface area contributed by atoms with Crippen LogP contribution in [0.3, 0.4) is 0 Å². The summed E-state index contributed by atoms with van der Waals surface area (Å²) in [6.07, 6.45) is 12.0. The van der Waals surface area contributed by atoms with E-state index in [1.165, 1.54) is 0 Å². The smallest absolute Gasteiger partial charge is 0.243 e. The van der Waals surface area contributed by atoms with Gasteiger partial charge in [0, 0.05) is 18.0 Å². The van der Waals surface area contributed by atoms with Crippen molar-refractivity contribution in [2.75, 3.05) is 12.0 Å². The molecule has 4 rings (SSSR count). The van der Waals surface area contributed by atoms with Gasteiger partial charge in [-0.25, -0.2) is 13.1 Å². The molecule has 4 unspecified atom stereocenters. The van der Waals surface area contributed by atoms with E-state index in [1.54, 1.807) is 6.08 Å². The zero-order chi connectivity index (χ0) is 26.1. The highest BCUT2D eigenvalue weighted by Crippen LogP contribution is 2.57. The lowest BCUT2D eigenvalue weighted by molar-refractivity contribution is -0.144. The molecule has 1 aromatic carbocycles. The van der Waals surface area contributed by atoms with Gasteiger partial charge in [-0.3, -0.25) is 4.79 Å². The molecule has 192 valence electrons. The fraction of sp³-hybridized carbons (Fsp3) is 0.481. The number of sulfonamides is 1. The van der Waals surface area contributed by atoms with Crippen LogP contribution in [0.25, 0.3) is 5.57 Å². The summed E-state index contributed by atoms with van der Waals surface area (Å²) in [5, 5.41) is 10.9. The van der Waals surface area contributed by atoms with Crippen molar-refractivity contribution in [3.05, 3.63) is 60.2 Å². The van der Waals surface area contributed by atoms with E-state index in [0.29, 0.717) is 25.8 Å². The van der Waals surface area contributed by atoms with Crippen molar-refractivity contribution in [1.29, 1.82) is 5.26 Å². The third kappa shape index (κ3) is 4.99. The fourth-order valence-electron chi connectivity index (χ4n) is 5.66. The molecule has 3 fully saturated rings. The number of rotatable bonds is 9. The molecule has 1 saturated heterocycles. The summed E-state index contributed by atoms with van der Waals surface area (Å²) in [5.74, 6) is -0.136. The van der Waals surface area contributed by atoms with Crippen LogP contribution in [0.2, 0.25) is 0 Å². The van der Waals surface area contributed by atoms with Gasteiger partial charge >= 0.3 is 0 Å². The van der Waals surface area contributed by atoms with E-state index in [4.69, 9.17) is 0 Å². The maximum Gasteiger partial charge on any atom is 0.243 e. The van der Waals surface area contributed by atoms with Crippen molar-refractivity contribution in [1.82, 2.24) is 9.62 Å². The summed E-state index contributed by atoms with van der Waals surface area (Å²) in [4.78, 5) is 15.6. The topological polar surface area (TPSA) is 90.3 Å². The lowest BCUT2D eigenvalue weighted by Gasteiger charge is -2.39. The zero-order valence-corrected chi connectivity index (χ0v) is 23.9. The molecule has 0 radical (unpaired) electrons. The molecule has 3 aliphatic rings. The molecule has 0 aromatic heterocycles. The number of benzene rings is 1. The second-order valence-corrected chi connectivity index (χ2v) is 13.6. The summed E-state index contributed by atoms with van der Waals surface area (Å²) in [6, 6.07) is 7.65. The van der Waals surface area contributed by atoms with Gasteiger partial charge in [0.05, 0.1) is 17.6 Å². The first kappa shape index (κ1) is 27.2. The van der Waals surface area contributed by atoms with Gasteiger partial charge in [0.1, 0.15) is 5.41 Å². The van der Waals surface area contributed by atoms with E-state index in [9.17, 15) is 18.5 Å². The minimum Gasteiger partial charge on any atom is -0.336 e. The number of carbonyl (C=O) groups excluding carboxylic acids is 1. The molecular formula is C27H35N3O3P2S. The summed E-state index contributed by atoms with van der Waals surface area (Å²) in [5.41, 5.74) is 1.78. The molecule has 1 aromatic rings. The van der Waals surface area contributed by atoms with Crippen LogP contribution in [0, 0.1) is 22.2 Å². The van der Waals surface area contributed by atoms with Crippen LogP contribution >= 0.6 is 18.5 Å².